The summed E-state index contributed by atoms with van der Waals surface area (Å²) in [5.41, 5.74) is 2.74. The number of aryl methyl sites for hydroxylation is 2. The third-order valence-corrected chi connectivity index (χ3v) is 3.63. The van der Waals surface area contributed by atoms with E-state index >= 15 is 0 Å². The number of ether oxygens (including phenoxy) is 2. The number of halogens is 1. The fraction of sp³-hybridized carbons (Fsp3) is 0.263. The summed E-state index contributed by atoms with van der Waals surface area (Å²) in [6.45, 7) is 5.81. The van der Waals surface area contributed by atoms with Crippen LogP contribution in [-0.2, 0) is 16.0 Å². The fourth-order valence-corrected chi connectivity index (χ4v) is 2.64. The Labute approximate surface area is 146 Å². The quantitative estimate of drug-likeness (QED) is 0.599. The molecule has 0 aliphatic rings. The molecule has 0 unspecified atom stereocenters. The molecule has 0 saturated heterocycles. The largest absolute Gasteiger partial charge is 0.466 e. The van der Waals surface area contributed by atoms with Gasteiger partial charge in [0.15, 0.2) is 0 Å². The van der Waals surface area contributed by atoms with Crippen molar-refractivity contribution in [1.82, 2.24) is 0 Å². The van der Waals surface area contributed by atoms with Crippen molar-refractivity contribution in [3.63, 3.8) is 0 Å². The molecule has 2 rings (SSSR count). The lowest BCUT2D eigenvalue weighted by Gasteiger charge is -2.14. The third-order valence-electron chi connectivity index (χ3n) is 3.39. The van der Waals surface area contributed by atoms with Crippen molar-refractivity contribution in [2.75, 3.05) is 6.61 Å². The topological polar surface area (TPSA) is 52.6 Å². The van der Waals surface area contributed by atoms with Gasteiger partial charge in [-0.2, -0.15) is 0 Å². The zero-order valence-corrected chi connectivity index (χ0v) is 14.6. The predicted octanol–water partition coefficient (Wildman–Crippen LogP) is 4.28. The van der Waals surface area contributed by atoms with Crippen LogP contribution in [0.4, 0.5) is 0 Å². The van der Waals surface area contributed by atoms with Gasteiger partial charge in [-0.1, -0.05) is 35.4 Å². The van der Waals surface area contributed by atoms with E-state index in [1.54, 1.807) is 31.2 Å². The van der Waals surface area contributed by atoms with Crippen molar-refractivity contribution in [1.29, 1.82) is 0 Å². The normalized spacial score (nSPS) is 10.3. The summed E-state index contributed by atoms with van der Waals surface area (Å²) in [7, 11) is 0. The van der Waals surface area contributed by atoms with E-state index < -0.39 is 5.97 Å². The minimum atomic E-state index is -0.519. The van der Waals surface area contributed by atoms with E-state index in [-0.39, 0.29) is 12.4 Å². The van der Waals surface area contributed by atoms with Gasteiger partial charge >= 0.3 is 11.9 Å². The second-order valence-corrected chi connectivity index (χ2v) is 5.89. The maximum absolute atomic E-state index is 12.4. The smallest absolute Gasteiger partial charge is 0.343 e. The van der Waals surface area contributed by atoms with Crippen molar-refractivity contribution in [2.24, 2.45) is 0 Å². The number of benzene rings is 2. The summed E-state index contributed by atoms with van der Waals surface area (Å²) in [4.78, 5) is 24.2. The molecule has 0 heterocycles. The predicted molar refractivity (Wildman–Crippen MR) is 92.7 cm³/mol. The zero-order valence-electron chi connectivity index (χ0n) is 13.9. The highest BCUT2D eigenvalue weighted by Gasteiger charge is 2.17. The number of carbonyl (C=O) groups excluding carboxylic acids is 2. The SMILES string of the molecule is CCOC(=O)Cc1cc(C)cc(C)c1OC(=O)c1cccc(Cl)c1. The minimum absolute atomic E-state index is 0.0501. The van der Waals surface area contributed by atoms with Crippen molar-refractivity contribution in [3.8, 4) is 5.75 Å². The van der Waals surface area contributed by atoms with E-state index in [1.165, 1.54) is 0 Å². The Morgan fingerprint density at radius 1 is 1.12 bits per heavy atom. The van der Waals surface area contributed by atoms with Gasteiger partial charge in [0.05, 0.1) is 18.6 Å². The van der Waals surface area contributed by atoms with Gasteiger partial charge in [-0.05, 0) is 44.5 Å². The molecule has 0 aliphatic carbocycles. The number of hydrogen-bond acceptors (Lipinski definition) is 4. The van der Waals surface area contributed by atoms with Crippen molar-refractivity contribution in [3.05, 3.63) is 63.7 Å². The molecule has 0 amide bonds. The first-order valence-electron chi connectivity index (χ1n) is 7.64. The second kappa shape index (κ2) is 7.97. The highest BCUT2D eigenvalue weighted by atomic mass is 35.5. The van der Waals surface area contributed by atoms with Gasteiger partial charge in [0.25, 0.3) is 0 Å². The van der Waals surface area contributed by atoms with Crippen LogP contribution >= 0.6 is 11.6 Å². The maximum atomic E-state index is 12.4. The molecule has 0 spiro atoms. The third kappa shape index (κ3) is 4.59. The van der Waals surface area contributed by atoms with Crippen LogP contribution in [0.25, 0.3) is 0 Å². The molecule has 0 fully saturated rings. The number of carbonyl (C=O) groups is 2. The van der Waals surface area contributed by atoms with Crippen LogP contribution < -0.4 is 4.74 Å². The number of esters is 2. The summed E-state index contributed by atoms with van der Waals surface area (Å²) in [5.74, 6) is -0.490. The van der Waals surface area contributed by atoms with Crippen LogP contribution in [0, 0.1) is 13.8 Å². The van der Waals surface area contributed by atoms with Gasteiger partial charge in [0, 0.05) is 10.6 Å². The molecule has 0 N–H and O–H groups in total. The van der Waals surface area contributed by atoms with Crippen molar-refractivity contribution < 1.29 is 19.1 Å². The summed E-state index contributed by atoms with van der Waals surface area (Å²) < 4.78 is 10.5. The van der Waals surface area contributed by atoms with Crippen molar-refractivity contribution in [2.45, 2.75) is 27.2 Å². The van der Waals surface area contributed by atoms with Crippen LogP contribution in [0.15, 0.2) is 36.4 Å². The highest BCUT2D eigenvalue weighted by Crippen LogP contribution is 2.27. The van der Waals surface area contributed by atoms with E-state index in [0.717, 1.165) is 11.1 Å². The molecule has 2 aromatic carbocycles. The van der Waals surface area contributed by atoms with E-state index in [4.69, 9.17) is 21.1 Å². The molecule has 0 radical (unpaired) electrons. The molecule has 2 aromatic rings. The van der Waals surface area contributed by atoms with Gasteiger partial charge in [-0.15, -0.1) is 0 Å². The number of hydrogen-bond donors (Lipinski definition) is 0. The molecular weight excluding hydrogens is 328 g/mol. The first kappa shape index (κ1) is 18.0. The number of rotatable bonds is 5. The van der Waals surface area contributed by atoms with E-state index in [1.807, 2.05) is 26.0 Å². The summed E-state index contributed by atoms with van der Waals surface area (Å²) >= 11 is 5.91. The van der Waals surface area contributed by atoms with Gasteiger partial charge in [-0.3, -0.25) is 4.79 Å². The average molecular weight is 347 g/mol. The summed E-state index contributed by atoms with van der Waals surface area (Å²) in [6.07, 6.45) is 0.0501. The molecular formula is C19H19ClO4. The standard InChI is InChI=1S/C19H19ClO4/c1-4-23-17(21)11-15-9-12(2)8-13(3)18(15)24-19(22)14-6-5-7-16(20)10-14/h5-10H,4,11H2,1-3H3. The minimum Gasteiger partial charge on any atom is -0.466 e. The van der Waals surface area contributed by atoms with Crippen LogP contribution in [-0.4, -0.2) is 18.5 Å². The Kier molecular flexibility index (Phi) is 5.99. The van der Waals surface area contributed by atoms with Gasteiger partial charge in [0.1, 0.15) is 5.75 Å². The molecule has 0 saturated carbocycles. The molecule has 0 bridgehead atoms. The van der Waals surface area contributed by atoms with Crippen LogP contribution in [0.3, 0.4) is 0 Å². The Bertz CT molecular complexity index is 768. The van der Waals surface area contributed by atoms with E-state index in [9.17, 15) is 9.59 Å². The van der Waals surface area contributed by atoms with Crippen LogP contribution in [0.1, 0.15) is 34.0 Å². The van der Waals surface area contributed by atoms with Gasteiger partial charge in [-0.25, -0.2) is 4.79 Å². The molecule has 4 nitrogen and oxygen atoms in total. The van der Waals surface area contributed by atoms with Gasteiger partial charge in [0.2, 0.25) is 0 Å². The lowest BCUT2D eigenvalue weighted by Crippen LogP contribution is -2.14. The molecule has 24 heavy (non-hydrogen) atoms. The second-order valence-electron chi connectivity index (χ2n) is 5.45. The zero-order chi connectivity index (χ0) is 17.7. The van der Waals surface area contributed by atoms with Gasteiger partial charge < -0.3 is 9.47 Å². The Morgan fingerprint density at radius 3 is 2.54 bits per heavy atom. The molecule has 0 aromatic heterocycles. The van der Waals surface area contributed by atoms with Crippen LogP contribution in [0.5, 0.6) is 5.75 Å². The Balaban J connectivity index is 2.31. The fourth-order valence-electron chi connectivity index (χ4n) is 2.45. The lowest BCUT2D eigenvalue weighted by molar-refractivity contribution is -0.142. The van der Waals surface area contributed by atoms with Crippen molar-refractivity contribution >= 4 is 23.5 Å². The Morgan fingerprint density at radius 2 is 1.88 bits per heavy atom. The average Bonchev–Trinajstić information content (AvgIpc) is 2.50. The maximum Gasteiger partial charge on any atom is 0.343 e. The summed E-state index contributed by atoms with van der Waals surface area (Å²) in [5, 5.41) is 0.455. The highest BCUT2D eigenvalue weighted by molar-refractivity contribution is 6.30. The molecule has 5 heteroatoms. The molecule has 126 valence electrons. The monoisotopic (exact) mass is 346 g/mol. The van der Waals surface area contributed by atoms with Crippen LogP contribution in [0.2, 0.25) is 5.02 Å². The van der Waals surface area contributed by atoms with E-state index in [0.29, 0.717) is 28.5 Å². The first-order chi connectivity index (χ1) is 11.4. The van der Waals surface area contributed by atoms with E-state index in [2.05, 4.69) is 0 Å². The molecule has 0 aliphatic heterocycles. The first-order valence-corrected chi connectivity index (χ1v) is 8.02. The molecule has 0 atom stereocenters. The summed E-state index contributed by atoms with van der Waals surface area (Å²) in [6, 6.07) is 10.3. The Hall–Kier alpha value is -2.33. The lowest BCUT2D eigenvalue weighted by atomic mass is 10.0.